The maximum absolute atomic E-state index is 7.06. The molecule has 0 unspecified atom stereocenters. The van der Waals surface area contributed by atoms with Crippen molar-refractivity contribution in [3.63, 3.8) is 0 Å². The first-order valence-corrected chi connectivity index (χ1v) is 19.9. The van der Waals surface area contributed by atoms with Gasteiger partial charge in [0.2, 0.25) is 0 Å². The zero-order chi connectivity index (χ0) is 38.2. The summed E-state index contributed by atoms with van der Waals surface area (Å²) in [4.78, 5) is 2.41. The summed E-state index contributed by atoms with van der Waals surface area (Å²) in [6, 6.07) is 59.5. The zero-order valence-electron chi connectivity index (χ0n) is 32.4. The van der Waals surface area contributed by atoms with E-state index in [0.717, 1.165) is 72.1 Å². The highest BCUT2D eigenvalue weighted by Crippen LogP contribution is 2.54. The molecule has 0 saturated heterocycles. The van der Waals surface area contributed by atoms with Gasteiger partial charge in [-0.15, -0.1) is 0 Å². The lowest BCUT2D eigenvalue weighted by Crippen LogP contribution is -2.18. The molecule has 0 saturated carbocycles. The second-order valence-electron chi connectivity index (χ2n) is 16.9. The van der Waals surface area contributed by atoms with Crippen LogP contribution in [0.5, 0.6) is 0 Å². The molecule has 0 radical (unpaired) electrons. The van der Waals surface area contributed by atoms with Crippen LogP contribution in [0, 0.1) is 0 Å². The Labute approximate surface area is 331 Å². The third-order valence-electron chi connectivity index (χ3n) is 13.1. The van der Waals surface area contributed by atoms with Gasteiger partial charge in [0.15, 0.2) is 5.58 Å². The first-order valence-electron chi connectivity index (χ1n) is 19.9. The molecular weight excluding hydrogens is 695 g/mol. The van der Waals surface area contributed by atoms with Crippen molar-refractivity contribution in [3.05, 3.63) is 186 Å². The molecule has 0 amide bonds. The lowest BCUT2D eigenvalue weighted by Gasteiger charge is -2.29. The van der Waals surface area contributed by atoms with Gasteiger partial charge in [-0.05, 0) is 104 Å². The Bertz CT molecular complexity index is 3200. The Balaban J connectivity index is 1.10. The minimum absolute atomic E-state index is 0.143. The van der Waals surface area contributed by atoms with Crippen molar-refractivity contribution < 1.29 is 8.83 Å². The third kappa shape index (κ3) is 4.43. The Morgan fingerprint density at radius 3 is 1.60 bits per heavy atom. The standard InChI is InChI=1S/C54H39NO2/c1-53(2)43-20-10-8-16-36(43)38-26-24-33(28-45(38)53)55(34-25-27-39-37-17-9-11-21-44(37)54(3,4)46(39)29-34)47-22-12-19-40-41-30-50-42(31-49(41)57-52(40)47)51-35(18-13-23-48(51)56-50)32-14-6-5-7-15-32/h5-31H,1-4H3. The van der Waals surface area contributed by atoms with Gasteiger partial charge >= 0.3 is 0 Å². The third-order valence-corrected chi connectivity index (χ3v) is 13.1. The summed E-state index contributed by atoms with van der Waals surface area (Å²) in [6.07, 6.45) is 0. The molecule has 57 heavy (non-hydrogen) atoms. The molecular formula is C54H39NO2. The Hall–Kier alpha value is -6.84. The van der Waals surface area contributed by atoms with Crippen molar-refractivity contribution in [2.45, 2.75) is 38.5 Å². The highest BCUT2D eigenvalue weighted by molar-refractivity contribution is 6.19. The second-order valence-corrected chi connectivity index (χ2v) is 16.9. The Morgan fingerprint density at radius 1 is 0.386 bits per heavy atom. The van der Waals surface area contributed by atoms with E-state index in [1.807, 2.05) is 0 Å². The molecule has 2 heterocycles. The summed E-state index contributed by atoms with van der Waals surface area (Å²) >= 11 is 0. The molecule has 0 bridgehead atoms. The molecule has 272 valence electrons. The van der Waals surface area contributed by atoms with E-state index in [9.17, 15) is 0 Å². The molecule has 0 spiro atoms. The summed E-state index contributed by atoms with van der Waals surface area (Å²) in [6.45, 7) is 9.40. The molecule has 12 rings (SSSR count). The number of benzene rings is 8. The van der Waals surface area contributed by atoms with Crippen LogP contribution < -0.4 is 4.90 Å². The van der Waals surface area contributed by atoms with Crippen LogP contribution >= 0.6 is 0 Å². The van der Waals surface area contributed by atoms with Crippen molar-refractivity contribution in [1.29, 1.82) is 0 Å². The number of hydrogen-bond donors (Lipinski definition) is 0. The van der Waals surface area contributed by atoms with Crippen LogP contribution in [-0.4, -0.2) is 0 Å². The van der Waals surface area contributed by atoms with E-state index in [4.69, 9.17) is 8.83 Å². The Kier molecular flexibility index (Phi) is 6.46. The van der Waals surface area contributed by atoms with E-state index in [-0.39, 0.29) is 10.8 Å². The van der Waals surface area contributed by atoms with Gasteiger partial charge in [-0.1, -0.05) is 143 Å². The van der Waals surface area contributed by atoms with E-state index in [1.54, 1.807) is 0 Å². The number of hydrogen-bond acceptors (Lipinski definition) is 3. The van der Waals surface area contributed by atoms with Crippen molar-refractivity contribution >= 4 is 60.9 Å². The van der Waals surface area contributed by atoms with Crippen LogP contribution in [0.3, 0.4) is 0 Å². The topological polar surface area (TPSA) is 29.5 Å². The van der Waals surface area contributed by atoms with Crippen LogP contribution in [0.25, 0.3) is 77.3 Å². The van der Waals surface area contributed by atoms with Gasteiger partial charge in [-0.3, -0.25) is 0 Å². The fraction of sp³-hybridized carbons (Fsp3) is 0.111. The lowest BCUT2D eigenvalue weighted by molar-refractivity contribution is 0.659. The van der Waals surface area contributed by atoms with Crippen LogP contribution in [0.15, 0.2) is 173 Å². The van der Waals surface area contributed by atoms with Crippen molar-refractivity contribution in [2.75, 3.05) is 4.90 Å². The molecule has 0 atom stereocenters. The highest BCUT2D eigenvalue weighted by Gasteiger charge is 2.38. The summed E-state index contributed by atoms with van der Waals surface area (Å²) < 4.78 is 13.6. The van der Waals surface area contributed by atoms with Gasteiger partial charge < -0.3 is 13.7 Å². The van der Waals surface area contributed by atoms with Crippen molar-refractivity contribution in [3.8, 4) is 33.4 Å². The van der Waals surface area contributed by atoms with E-state index in [2.05, 4.69) is 196 Å². The fourth-order valence-electron chi connectivity index (χ4n) is 10.2. The van der Waals surface area contributed by atoms with Crippen LogP contribution in [-0.2, 0) is 10.8 Å². The van der Waals surface area contributed by atoms with Crippen LogP contribution in [0.2, 0.25) is 0 Å². The quantitative estimate of drug-likeness (QED) is 0.180. The normalized spacial score (nSPS) is 14.6. The molecule has 0 N–H and O–H groups in total. The van der Waals surface area contributed by atoms with Gasteiger partial charge in [-0.25, -0.2) is 0 Å². The molecule has 10 aromatic rings. The number of fused-ring (bicyclic) bond motifs is 12. The zero-order valence-corrected chi connectivity index (χ0v) is 32.4. The predicted molar refractivity (Wildman–Crippen MR) is 236 cm³/mol. The van der Waals surface area contributed by atoms with Gasteiger partial charge in [0.05, 0.1) is 5.69 Å². The fourth-order valence-corrected chi connectivity index (χ4v) is 10.2. The largest absolute Gasteiger partial charge is 0.456 e. The van der Waals surface area contributed by atoms with Crippen molar-refractivity contribution in [2.24, 2.45) is 0 Å². The van der Waals surface area contributed by atoms with Crippen molar-refractivity contribution in [1.82, 2.24) is 0 Å². The Morgan fingerprint density at radius 2 is 0.930 bits per heavy atom. The first kappa shape index (κ1) is 32.4. The summed E-state index contributed by atoms with van der Waals surface area (Å²) in [7, 11) is 0. The summed E-state index contributed by atoms with van der Waals surface area (Å²) in [5, 5.41) is 4.25. The summed E-state index contributed by atoms with van der Waals surface area (Å²) in [5.74, 6) is 0. The predicted octanol–water partition coefficient (Wildman–Crippen LogP) is 15.2. The highest BCUT2D eigenvalue weighted by atomic mass is 16.3. The average Bonchev–Trinajstić information content (AvgIpc) is 3.93. The number of para-hydroxylation sites is 1. The first-order chi connectivity index (χ1) is 27.8. The number of furan rings is 2. The van der Waals surface area contributed by atoms with E-state index < -0.39 is 0 Å². The second kappa shape index (κ2) is 11.4. The summed E-state index contributed by atoms with van der Waals surface area (Å²) in [5.41, 5.74) is 19.3. The van der Waals surface area contributed by atoms with Gasteiger partial charge in [0.25, 0.3) is 0 Å². The minimum Gasteiger partial charge on any atom is -0.456 e. The monoisotopic (exact) mass is 733 g/mol. The molecule has 3 nitrogen and oxygen atoms in total. The van der Waals surface area contributed by atoms with E-state index in [0.29, 0.717) is 0 Å². The number of nitrogens with zero attached hydrogens (tertiary/aromatic N) is 1. The average molecular weight is 734 g/mol. The molecule has 8 aromatic carbocycles. The maximum Gasteiger partial charge on any atom is 0.159 e. The molecule has 3 heteroatoms. The minimum atomic E-state index is -0.143. The molecule has 0 fully saturated rings. The van der Waals surface area contributed by atoms with E-state index in [1.165, 1.54) is 44.5 Å². The van der Waals surface area contributed by atoms with Gasteiger partial charge in [0, 0.05) is 43.7 Å². The molecule has 2 aliphatic carbocycles. The smallest absolute Gasteiger partial charge is 0.159 e. The number of anilines is 3. The van der Waals surface area contributed by atoms with Gasteiger partial charge in [0.1, 0.15) is 16.7 Å². The van der Waals surface area contributed by atoms with E-state index >= 15 is 0 Å². The maximum atomic E-state index is 7.06. The SMILES string of the molecule is CC1(C)c2ccccc2-c2ccc(N(c3ccc4c(c3)C(C)(C)c3ccccc3-4)c3cccc4c3oc3cc5c(cc34)oc3cccc(-c4ccccc4)c35)cc21. The molecule has 2 aliphatic rings. The number of rotatable bonds is 4. The van der Waals surface area contributed by atoms with Crippen LogP contribution in [0.4, 0.5) is 17.1 Å². The van der Waals surface area contributed by atoms with Gasteiger partial charge in [-0.2, -0.15) is 0 Å². The molecule has 2 aromatic heterocycles. The molecule has 0 aliphatic heterocycles. The van der Waals surface area contributed by atoms with Crippen LogP contribution in [0.1, 0.15) is 49.9 Å². The lowest BCUT2D eigenvalue weighted by atomic mass is 9.82.